The van der Waals surface area contributed by atoms with E-state index in [2.05, 4.69) is 34.6 Å². The minimum absolute atomic E-state index is 0.000437. The first-order chi connectivity index (χ1) is 9.30. The van der Waals surface area contributed by atoms with E-state index in [1.807, 2.05) is 20.8 Å². The highest BCUT2D eigenvalue weighted by Gasteiger charge is 2.19. The molecule has 0 aromatic carbocycles. The first-order valence-corrected chi connectivity index (χ1v) is 7.00. The summed E-state index contributed by atoms with van der Waals surface area (Å²) in [5.41, 5.74) is 3.52. The second-order valence-corrected chi connectivity index (χ2v) is 6.19. The van der Waals surface area contributed by atoms with Gasteiger partial charge >= 0.3 is 0 Å². The van der Waals surface area contributed by atoms with Crippen LogP contribution >= 0.6 is 0 Å². The maximum atomic E-state index is 9.07. The number of aromatic nitrogens is 2. The van der Waals surface area contributed by atoms with Crippen molar-refractivity contribution in [2.24, 2.45) is 11.3 Å². The van der Waals surface area contributed by atoms with Crippen molar-refractivity contribution in [3.05, 3.63) is 11.4 Å². The molecule has 6 heteroatoms. The van der Waals surface area contributed by atoms with E-state index >= 15 is 0 Å². The summed E-state index contributed by atoms with van der Waals surface area (Å²) in [5, 5.41) is 12.4. The van der Waals surface area contributed by atoms with Crippen LogP contribution in [0.1, 0.15) is 51.4 Å². The lowest BCUT2D eigenvalue weighted by Crippen LogP contribution is -2.25. The molecule has 6 nitrogen and oxygen atoms in total. The molecule has 114 valence electrons. The van der Waals surface area contributed by atoms with Crippen molar-refractivity contribution in [1.29, 1.82) is 0 Å². The lowest BCUT2D eigenvalue weighted by molar-refractivity contribution is 0.220. The van der Waals surface area contributed by atoms with Gasteiger partial charge in [0, 0.05) is 24.6 Å². The number of hydrogen-bond acceptors (Lipinski definition) is 6. The quantitative estimate of drug-likeness (QED) is 0.451. The number of nitrogens with two attached hydrogens (primary N) is 1. The number of aliphatic hydroxyl groups excluding tert-OH is 1. The predicted molar refractivity (Wildman–Crippen MR) is 82.6 cm³/mol. The Kier molecular flexibility index (Phi) is 5.71. The molecular formula is C14H27N5O. The SMILES string of the molecule is Cc1c(NN)nc(C(C)C)nc1NCC(C)(C)CCO. The molecule has 1 heterocycles. The van der Waals surface area contributed by atoms with Crippen molar-refractivity contribution in [3.8, 4) is 0 Å². The van der Waals surface area contributed by atoms with E-state index < -0.39 is 0 Å². The van der Waals surface area contributed by atoms with Gasteiger partial charge in [0.15, 0.2) is 0 Å². The zero-order valence-electron chi connectivity index (χ0n) is 13.1. The highest BCUT2D eigenvalue weighted by Crippen LogP contribution is 2.25. The third kappa shape index (κ3) is 4.31. The monoisotopic (exact) mass is 281 g/mol. The summed E-state index contributed by atoms with van der Waals surface area (Å²) in [5.74, 6) is 7.94. The Hall–Kier alpha value is -1.40. The number of rotatable bonds is 7. The summed E-state index contributed by atoms with van der Waals surface area (Å²) in [4.78, 5) is 8.97. The van der Waals surface area contributed by atoms with Gasteiger partial charge in [0.25, 0.3) is 0 Å². The highest BCUT2D eigenvalue weighted by atomic mass is 16.3. The maximum Gasteiger partial charge on any atom is 0.148 e. The van der Waals surface area contributed by atoms with E-state index in [0.29, 0.717) is 5.82 Å². The van der Waals surface area contributed by atoms with Gasteiger partial charge in [-0.25, -0.2) is 15.8 Å². The van der Waals surface area contributed by atoms with Crippen LogP contribution in [0.3, 0.4) is 0 Å². The molecule has 0 aliphatic carbocycles. The number of nitrogen functional groups attached to an aromatic ring is 1. The van der Waals surface area contributed by atoms with Crippen LogP contribution in [0.2, 0.25) is 0 Å². The Morgan fingerprint density at radius 1 is 1.25 bits per heavy atom. The maximum absolute atomic E-state index is 9.07. The van der Waals surface area contributed by atoms with E-state index in [9.17, 15) is 0 Å². The molecule has 0 amide bonds. The molecule has 0 aliphatic rings. The van der Waals surface area contributed by atoms with E-state index in [1.165, 1.54) is 0 Å². The third-order valence-electron chi connectivity index (χ3n) is 3.34. The molecule has 0 saturated carbocycles. The second kappa shape index (κ2) is 6.85. The first kappa shape index (κ1) is 16.7. The number of nitrogens with zero attached hydrogens (tertiary/aromatic N) is 2. The van der Waals surface area contributed by atoms with Crippen molar-refractivity contribution in [1.82, 2.24) is 9.97 Å². The molecule has 0 radical (unpaired) electrons. The second-order valence-electron chi connectivity index (χ2n) is 6.19. The van der Waals surface area contributed by atoms with Crippen LogP contribution in [0.15, 0.2) is 0 Å². The van der Waals surface area contributed by atoms with Crippen LogP contribution in [0, 0.1) is 12.3 Å². The third-order valence-corrected chi connectivity index (χ3v) is 3.34. The molecule has 0 saturated heterocycles. The molecule has 0 bridgehead atoms. The summed E-state index contributed by atoms with van der Waals surface area (Å²) in [6, 6.07) is 0. The van der Waals surface area contributed by atoms with Crippen LogP contribution in [-0.2, 0) is 0 Å². The van der Waals surface area contributed by atoms with Crippen molar-refractivity contribution < 1.29 is 5.11 Å². The normalized spacial score (nSPS) is 11.8. The largest absolute Gasteiger partial charge is 0.396 e. The first-order valence-electron chi connectivity index (χ1n) is 7.00. The van der Waals surface area contributed by atoms with Crippen LogP contribution in [0.4, 0.5) is 11.6 Å². The lowest BCUT2D eigenvalue weighted by atomic mass is 9.90. The fraction of sp³-hybridized carbons (Fsp3) is 0.714. The summed E-state index contributed by atoms with van der Waals surface area (Å²) >= 11 is 0. The summed E-state index contributed by atoms with van der Waals surface area (Å²) in [7, 11) is 0. The van der Waals surface area contributed by atoms with Crippen molar-refractivity contribution >= 4 is 11.6 Å². The predicted octanol–water partition coefficient (Wildman–Crippen LogP) is 2.01. The molecule has 0 spiro atoms. The Labute approximate surface area is 121 Å². The molecule has 0 atom stereocenters. The average Bonchev–Trinajstić information content (AvgIpc) is 2.37. The zero-order chi connectivity index (χ0) is 15.3. The molecule has 5 N–H and O–H groups in total. The molecule has 0 fully saturated rings. The fourth-order valence-corrected chi connectivity index (χ4v) is 1.82. The van der Waals surface area contributed by atoms with Gasteiger partial charge in [-0.3, -0.25) is 0 Å². The van der Waals surface area contributed by atoms with E-state index in [-0.39, 0.29) is 17.9 Å². The summed E-state index contributed by atoms with van der Waals surface area (Å²) in [6.07, 6.45) is 0.739. The van der Waals surface area contributed by atoms with Crippen LogP contribution in [0.25, 0.3) is 0 Å². The molecule has 0 unspecified atom stereocenters. The van der Waals surface area contributed by atoms with Gasteiger partial charge in [-0.15, -0.1) is 0 Å². The van der Waals surface area contributed by atoms with Gasteiger partial charge in [0.2, 0.25) is 0 Å². The Morgan fingerprint density at radius 3 is 2.35 bits per heavy atom. The lowest BCUT2D eigenvalue weighted by Gasteiger charge is -2.25. The number of hydrazine groups is 1. The Bertz CT molecular complexity index is 445. The Morgan fingerprint density at radius 2 is 1.85 bits per heavy atom. The molecule has 1 aromatic rings. The Balaban J connectivity index is 2.96. The van der Waals surface area contributed by atoms with Gasteiger partial charge in [0.05, 0.1) is 0 Å². The van der Waals surface area contributed by atoms with E-state index in [0.717, 1.165) is 30.2 Å². The van der Waals surface area contributed by atoms with Crippen molar-refractivity contribution in [2.75, 3.05) is 23.9 Å². The van der Waals surface area contributed by atoms with Gasteiger partial charge in [-0.05, 0) is 18.8 Å². The van der Waals surface area contributed by atoms with Gasteiger partial charge in [0.1, 0.15) is 17.5 Å². The average molecular weight is 281 g/mol. The molecule has 1 aromatic heterocycles. The smallest absolute Gasteiger partial charge is 0.148 e. The molecule has 20 heavy (non-hydrogen) atoms. The topological polar surface area (TPSA) is 96.1 Å². The van der Waals surface area contributed by atoms with Gasteiger partial charge in [-0.1, -0.05) is 27.7 Å². The molecule has 1 rings (SSSR count). The number of aliphatic hydroxyl groups is 1. The number of nitrogens with one attached hydrogen (secondary N) is 2. The standard InChI is InChI=1S/C14H27N5O/c1-9(2)11-17-12(10(3)13(18-11)19-15)16-8-14(4,5)6-7-20/h9,20H,6-8,15H2,1-5H3,(H2,16,17,18,19). The van der Waals surface area contributed by atoms with Crippen molar-refractivity contribution in [3.63, 3.8) is 0 Å². The minimum Gasteiger partial charge on any atom is -0.396 e. The number of anilines is 2. The highest BCUT2D eigenvalue weighted by molar-refractivity contribution is 5.56. The van der Waals surface area contributed by atoms with Gasteiger partial charge in [-0.2, -0.15) is 0 Å². The number of hydrogen-bond donors (Lipinski definition) is 4. The minimum atomic E-state index is 0.000437. The zero-order valence-corrected chi connectivity index (χ0v) is 13.1. The molecule has 0 aliphatic heterocycles. The van der Waals surface area contributed by atoms with Crippen LogP contribution in [-0.4, -0.2) is 28.2 Å². The molecular weight excluding hydrogens is 254 g/mol. The van der Waals surface area contributed by atoms with Crippen LogP contribution in [0.5, 0.6) is 0 Å². The van der Waals surface area contributed by atoms with E-state index in [1.54, 1.807) is 0 Å². The summed E-state index contributed by atoms with van der Waals surface area (Å²) < 4.78 is 0. The fourth-order valence-electron chi connectivity index (χ4n) is 1.82. The summed E-state index contributed by atoms with van der Waals surface area (Å²) in [6.45, 7) is 11.2. The van der Waals surface area contributed by atoms with Gasteiger partial charge < -0.3 is 15.8 Å². The van der Waals surface area contributed by atoms with E-state index in [4.69, 9.17) is 10.9 Å². The van der Waals surface area contributed by atoms with Crippen LogP contribution < -0.4 is 16.6 Å². The van der Waals surface area contributed by atoms with Crippen molar-refractivity contribution in [2.45, 2.75) is 47.0 Å².